The maximum absolute atomic E-state index is 12.9. The summed E-state index contributed by atoms with van der Waals surface area (Å²) in [5, 5.41) is 6.58. The van der Waals surface area contributed by atoms with Gasteiger partial charge in [0, 0.05) is 17.5 Å². The number of carbonyl (C=O) groups is 2. The van der Waals surface area contributed by atoms with E-state index < -0.39 is 0 Å². The second kappa shape index (κ2) is 10.1. The van der Waals surface area contributed by atoms with Gasteiger partial charge in [0.1, 0.15) is 5.82 Å². The summed E-state index contributed by atoms with van der Waals surface area (Å²) in [7, 11) is 0. The van der Waals surface area contributed by atoms with Crippen molar-refractivity contribution >= 4 is 40.7 Å². The number of anilines is 1. The van der Waals surface area contributed by atoms with Crippen molar-refractivity contribution in [3.05, 3.63) is 63.9 Å². The number of rotatable bonds is 6. The maximum Gasteiger partial charge on any atom is 0.238 e. The van der Waals surface area contributed by atoms with Gasteiger partial charge < -0.3 is 10.6 Å². The van der Waals surface area contributed by atoms with Crippen LogP contribution in [0.2, 0.25) is 10.0 Å². The van der Waals surface area contributed by atoms with E-state index in [0.29, 0.717) is 48.2 Å². The predicted molar refractivity (Wildman–Crippen MR) is 113 cm³/mol. The Labute approximate surface area is 179 Å². The molecule has 2 amide bonds. The third-order valence-electron chi connectivity index (χ3n) is 4.91. The molecule has 2 aromatic rings. The van der Waals surface area contributed by atoms with E-state index in [1.807, 2.05) is 4.90 Å². The molecule has 1 heterocycles. The monoisotopic (exact) mass is 437 g/mol. The SMILES string of the molecule is O=C(CN1CCC(C(=O)NCc2ccc(F)cc2)CC1)Nc1ccc(Cl)cc1Cl. The summed E-state index contributed by atoms with van der Waals surface area (Å²) in [4.78, 5) is 26.6. The fraction of sp³-hybridized carbons (Fsp3) is 0.333. The van der Waals surface area contributed by atoms with E-state index in [0.717, 1.165) is 5.56 Å². The molecular formula is C21H22Cl2FN3O2. The molecule has 2 N–H and O–H groups in total. The van der Waals surface area contributed by atoms with E-state index >= 15 is 0 Å². The van der Waals surface area contributed by atoms with Crippen LogP contribution in [0.25, 0.3) is 0 Å². The van der Waals surface area contributed by atoms with Crippen LogP contribution < -0.4 is 10.6 Å². The highest BCUT2D eigenvalue weighted by Gasteiger charge is 2.25. The van der Waals surface area contributed by atoms with Crippen molar-refractivity contribution in [2.45, 2.75) is 19.4 Å². The molecule has 0 bridgehead atoms. The Morgan fingerprint density at radius 2 is 1.76 bits per heavy atom. The van der Waals surface area contributed by atoms with Crippen molar-refractivity contribution < 1.29 is 14.0 Å². The standard InChI is InChI=1S/C21H22Cl2FN3O2/c22-16-3-6-19(18(23)11-16)26-20(28)13-27-9-7-15(8-10-27)21(29)25-12-14-1-4-17(24)5-2-14/h1-6,11,15H,7-10,12-13H2,(H,25,29)(H,26,28). The Kier molecular flexibility index (Phi) is 7.47. The molecule has 0 radical (unpaired) electrons. The number of halogens is 3. The molecule has 154 valence electrons. The van der Waals surface area contributed by atoms with Crippen LogP contribution in [0, 0.1) is 11.7 Å². The average Bonchev–Trinajstić information content (AvgIpc) is 2.70. The third kappa shape index (κ3) is 6.42. The zero-order valence-electron chi connectivity index (χ0n) is 15.8. The Hall–Kier alpha value is -2.15. The molecule has 0 aliphatic carbocycles. The van der Waals surface area contributed by atoms with E-state index in [1.165, 1.54) is 12.1 Å². The Morgan fingerprint density at radius 3 is 2.41 bits per heavy atom. The molecule has 0 aromatic heterocycles. The average molecular weight is 438 g/mol. The summed E-state index contributed by atoms with van der Waals surface area (Å²) in [6, 6.07) is 11.0. The maximum atomic E-state index is 12.9. The van der Waals surface area contributed by atoms with E-state index in [9.17, 15) is 14.0 Å². The first-order valence-electron chi connectivity index (χ1n) is 9.40. The van der Waals surface area contributed by atoms with E-state index in [2.05, 4.69) is 10.6 Å². The summed E-state index contributed by atoms with van der Waals surface area (Å²) in [5.74, 6) is -0.546. The molecule has 0 unspecified atom stereocenters. The van der Waals surface area contributed by atoms with Crippen LogP contribution in [0.4, 0.5) is 10.1 Å². The Bertz CT molecular complexity index is 869. The first-order chi connectivity index (χ1) is 13.9. The van der Waals surface area contributed by atoms with Crippen LogP contribution >= 0.6 is 23.2 Å². The zero-order valence-corrected chi connectivity index (χ0v) is 17.3. The fourth-order valence-corrected chi connectivity index (χ4v) is 3.73. The quantitative estimate of drug-likeness (QED) is 0.714. The van der Waals surface area contributed by atoms with Gasteiger partial charge in [-0.2, -0.15) is 0 Å². The number of nitrogens with one attached hydrogen (secondary N) is 2. The van der Waals surface area contributed by atoms with Gasteiger partial charge in [-0.05, 0) is 61.8 Å². The predicted octanol–water partition coefficient (Wildman–Crippen LogP) is 4.10. The van der Waals surface area contributed by atoms with Crippen molar-refractivity contribution in [1.29, 1.82) is 0 Å². The lowest BCUT2D eigenvalue weighted by molar-refractivity contribution is -0.126. The minimum atomic E-state index is -0.296. The van der Waals surface area contributed by atoms with Crippen LogP contribution in [-0.4, -0.2) is 36.3 Å². The fourth-order valence-electron chi connectivity index (χ4n) is 3.27. The van der Waals surface area contributed by atoms with Gasteiger partial charge in [-0.25, -0.2) is 4.39 Å². The molecule has 1 aliphatic heterocycles. The van der Waals surface area contributed by atoms with Crippen molar-refractivity contribution in [3.63, 3.8) is 0 Å². The smallest absolute Gasteiger partial charge is 0.238 e. The number of hydrogen-bond donors (Lipinski definition) is 2. The van der Waals surface area contributed by atoms with Gasteiger partial charge in [0.05, 0.1) is 17.3 Å². The van der Waals surface area contributed by atoms with Crippen molar-refractivity contribution in [3.8, 4) is 0 Å². The molecule has 0 spiro atoms. The molecule has 0 atom stereocenters. The third-order valence-corrected chi connectivity index (χ3v) is 5.46. The molecule has 0 saturated carbocycles. The minimum Gasteiger partial charge on any atom is -0.352 e. The topological polar surface area (TPSA) is 61.4 Å². The molecular weight excluding hydrogens is 416 g/mol. The summed E-state index contributed by atoms with van der Waals surface area (Å²) in [5.41, 5.74) is 1.38. The van der Waals surface area contributed by atoms with Gasteiger partial charge in [0.2, 0.25) is 11.8 Å². The first kappa shape index (κ1) is 21.6. The van der Waals surface area contributed by atoms with E-state index in [4.69, 9.17) is 23.2 Å². The number of nitrogens with zero attached hydrogens (tertiary/aromatic N) is 1. The van der Waals surface area contributed by atoms with Gasteiger partial charge in [0.25, 0.3) is 0 Å². The Morgan fingerprint density at radius 1 is 1.07 bits per heavy atom. The zero-order chi connectivity index (χ0) is 20.8. The van der Waals surface area contributed by atoms with Crippen LogP contribution in [0.1, 0.15) is 18.4 Å². The largest absolute Gasteiger partial charge is 0.352 e. The van der Waals surface area contributed by atoms with Gasteiger partial charge in [-0.1, -0.05) is 35.3 Å². The number of amides is 2. The number of likely N-dealkylation sites (tertiary alicyclic amines) is 1. The molecule has 3 rings (SSSR count). The molecule has 1 aliphatic rings. The summed E-state index contributed by atoms with van der Waals surface area (Å²) in [6.45, 7) is 1.94. The van der Waals surface area contributed by atoms with Crippen LogP contribution in [0.5, 0.6) is 0 Å². The van der Waals surface area contributed by atoms with E-state index in [-0.39, 0.29) is 30.1 Å². The van der Waals surface area contributed by atoms with Gasteiger partial charge in [0.15, 0.2) is 0 Å². The van der Waals surface area contributed by atoms with Crippen molar-refractivity contribution in [2.24, 2.45) is 5.92 Å². The van der Waals surface area contributed by atoms with Gasteiger partial charge in [-0.3, -0.25) is 14.5 Å². The molecule has 1 saturated heterocycles. The summed E-state index contributed by atoms with van der Waals surface area (Å²) >= 11 is 11.9. The van der Waals surface area contributed by atoms with Crippen molar-refractivity contribution in [1.82, 2.24) is 10.2 Å². The van der Waals surface area contributed by atoms with Crippen LogP contribution in [0.3, 0.4) is 0 Å². The lowest BCUT2D eigenvalue weighted by Crippen LogP contribution is -2.43. The summed E-state index contributed by atoms with van der Waals surface area (Å²) < 4.78 is 12.9. The molecule has 1 fully saturated rings. The Balaban J connectivity index is 1.40. The molecule has 2 aromatic carbocycles. The second-order valence-corrected chi connectivity index (χ2v) is 7.91. The van der Waals surface area contributed by atoms with Crippen LogP contribution in [-0.2, 0) is 16.1 Å². The lowest BCUT2D eigenvalue weighted by atomic mass is 9.96. The lowest BCUT2D eigenvalue weighted by Gasteiger charge is -2.30. The molecule has 8 heteroatoms. The number of carbonyl (C=O) groups excluding carboxylic acids is 2. The van der Waals surface area contributed by atoms with E-state index in [1.54, 1.807) is 30.3 Å². The number of benzene rings is 2. The molecule has 5 nitrogen and oxygen atoms in total. The van der Waals surface area contributed by atoms with Gasteiger partial charge in [-0.15, -0.1) is 0 Å². The van der Waals surface area contributed by atoms with Gasteiger partial charge >= 0.3 is 0 Å². The molecule has 29 heavy (non-hydrogen) atoms. The highest BCUT2D eigenvalue weighted by Crippen LogP contribution is 2.25. The minimum absolute atomic E-state index is 0.00799. The number of hydrogen-bond acceptors (Lipinski definition) is 3. The normalized spacial score (nSPS) is 15.1. The first-order valence-corrected chi connectivity index (χ1v) is 10.2. The second-order valence-electron chi connectivity index (χ2n) is 7.07. The number of piperidine rings is 1. The highest BCUT2D eigenvalue weighted by molar-refractivity contribution is 6.36. The summed E-state index contributed by atoms with van der Waals surface area (Å²) in [6.07, 6.45) is 1.37. The van der Waals surface area contributed by atoms with Crippen molar-refractivity contribution in [2.75, 3.05) is 25.0 Å². The van der Waals surface area contributed by atoms with Crippen LogP contribution in [0.15, 0.2) is 42.5 Å². The highest BCUT2D eigenvalue weighted by atomic mass is 35.5.